The Bertz CT molecular complexity index is 595. The van der Waals surface area contributed by atoms with Crippen LogP contribution >= 0.6 is 11.3 Å². The van der Waals surface area contributed by atoms with E-state index in [0.29, 0.717) is 6.54 Å². The Labute approximate surface area is 167 Å². The Morgan fingerprint density at radius 2 is 2.11 bits per heavy atom. The summed E-state index contributed by atoms with van der Waals surface area (Å²) in [7, 11) is 1.75. The van der Waals surface area contributed by atoms with Crippen molar-refractivity contribution in [2.45, 2.75) is 71.9 Å². The zero-order valence-corrected chi connectivity index (χ0v) is 18.3. The molecule has 0 saturated heterocycles. The summed E-state index contributed by atoms with van der Waals surface area (Å²) in [6.45, 7) is 11.0. The number of thiazole rings is 1. The molecule has 1 rings (SSSR count). The van der Waals surface area contributed by atoms with E-state index >= 15 is 0 Å². The molecule has 1 amide bonds. The number of hydrogen-bond acceptors (Lipinski definition) is 5. The molecular weight excluding hydrogens is 362 g/mol. The summed E-state index contributed by atoms with van der Waals surface area (Å²) in [6.07, 6.45) is 3.56. The summed E-state index contributed by atoms with van der Waals surface area (Å²) < 4.78 is 5.31. The number of nitrogens with one attached hydrogen (secondary N) is 3. The van der Waals surface area contributed by atoms with Gasteiger partial charge in [0.2, 0.25) is 0 Å². The van der Waals surface area contributed by atoms with Gasteiger partial charge in [-0.05, 0) is 34.1 Å². The molecule has 1 aromatic rings. The Morgan fingerprint density at radius 1 is 1.37 bits per heavy atom. The summed E-state index contributed by atoms with van der Waals surface area (Å²) >= 11 is 1.66. The molecule has 0 fully saturated rings. The van der Waals surface area contributed by atoms with Crippen LogP contribution < -0.4 is 16.0 Å². The fourth-order valence-corrected chi connectivity index (χ4v) is 3.06. The number of aliphatic imine (C=N–C) groups is 1. The second kappa shape index (κ2) is 11.8. The van der Waals surface area contributed by atoms with Crippen LogP contribution in [0.4, 0.5) is 4.79 Å². The first-order chi connectivity index (χ1) is 12.7. The molecular formula is C19H35N5O2S. The molecule has 1 heterocycles. The predicted molar refractivity (Wildman–Crippen MR) is 113 cm³/mol. The maximum Gasteiger partial charge on any atom is 0.407 e. The van der Waals surface area contributed by atoms with Crippen LogP contribution in [0.5, 0.6) is 0 Å². The van der Waals surface area contributed by atoms with E-state index in [1.54, 1.807) is 18.4 Å². The third-order valence-electron chi connectivity index (χ3n) is 3.70. The second-order valence-corrected chi connectivity index (χ2v) is 8.54. The molecule has 8 heteroatoms. The monoisotopic (exact) mass is 397 g/mol. The average Bonchev–Trinajstić information content (AvgIpc) is 2.99. The van der Waals surface area contributed by atoms with Crippen LogP contribution in [0.15, 0.2) is 10.4 Å². The van der Waals surface area contributed by atoms with Crippen LogP contribution in [0.3, 0.4) is 0 Å². The number of unbranched alkanes of at least 4 members (excludes halogenated alkanes) is 1. The summed E-state index contributed by atoms with van der Waals surface area (Å²) in [5, 5.41) is 12.7. The number of aryl methyl sites for hydroxylation is 1. The minimum atomic E-state index is -0.498. The molecule has 0 aliphatic heterocycles. The quantitative estimate of drug-likeness (QED) is 0.440. The van der Waals surface area contributed by atoms with Gasteiger partial charge < -0.3 is 20.7 Å². The smallest absolute Gasteiger partial charge is 0.407 e. The molecule has 3 N–H and O–H groups in total. The molecule has 27 heavy (non-hydrogen) atoms. The van der Waals surface area contributed by atoms with Crippen molar-refractivity contribution in [3.63, 3.8) is 0 Å². The third-order valence-corrected chi connectivity index (χ3v) is 4.52. The van der Waals surface area contributed by atoms with Gasteiger partial charge in [0.15, 0.2) is 5.96 Å². The maximum atomic E-state index is 11.9. The third kappa shape index (κ3) is 10.8. The van der Waals surface area contributed by atoms with Gasteiger partial charge in [0.25, 0.3) is 0 Å². The van der Waals surface area contributed by atoms with Crippen molar-refractivity contribution in [3.8, 4) is 0 Å². The lowest BCUT2D eigenvalue weighted by Crippen LogP contribution is -2.49. The van der Waals surface area contributed by atoms with Gasteiger partial charge in [0.1, 0.15) is 5.60 Å². The zero-order valence-electron chi connectivity index (χ0n) is 17.5. The van der Waals surface area contributed by atoms with Crippen molar-refractivity contribution in [1.29, 1.82) is 0 Å². The first kappa shape index (κ1) is 23.2. The number of guanidine groups is 1. The van der Waals surface area contributed by atoms with Gasteiger partial charge in [-0.2, -0.15) is 0 Å². The lowest BCUT2D eigenvalue weighted by molar-refractivity contribution is 0.0523. The maximum absolute atomic E-state index is 11.9. The van der Waals surface area contributed by atoms with Crippen LogP contribution in [0.1, 0.15) is 57.7 Å². The predicted octanol–water partition coefficient (Wildman–Crippen LogP) is 3.24. The molecule has 0 radical (unpaired) electrons. The van der Waals surface area contributed by atoms with Crippen LogP contribution in [0.2, 0.25) is 0 Å². The van der Waals surface area contributed by atoms with Gasteiger partial charge in [0.05, 0.1) is 10.7 Å². The molecule has 154 valence electrons. The van der Waals surface area contributed by atoms with E-state index in [9.17, 15) is 4.79 Å². The number of rotatable bonds is 9. The number of nitrogens with zero attached hydrogens (tertiary/aromatic N) is 2. The minimum absolute atomic E-state index is 0.0881. The molecule has 0 aromatic carbocycles. The fourth-order valence-electron chi connectivity index (χ4n) is 2.42. The standard InChI is InChI=1S/C19H35N5O2S/c1-7-8-9-15(12-22-18(25)26-19(3,4)5)24-17(20-6)21-11-10-16-13-27-14(2)23-16/h13,15H,7-12H2,1-6H3,(H,22,25)(H2,20,21,24). The highest BCUT2D eigenvalue weighted by Crippen LogP contribution is 2.08. The normalized spacial score (nSPS) is 13.2. The highest BCUT2D eigenvalue weighted by atomic mass is 32.1. The van der Waals surface area contributed by atoms with E-state index in [-0.39, 0.29) is 6.04 Å². The van der Waals surface area contributed by atoms with Crippen molar-refractivity contribution in [3.05, 3.63) is 16.1 Å². The van der Waals surface area contributed by atoms with Crippen LogP contribution in [0, 0.1) is 6.92 Å². The highest BCUT2D eigenvalue weighted by molar-refractivity contribution is 7.09. The lowest BCUT2D eigenvalue weighted by atomic mass is 10.1. The molecule has 1 aromatic heterocycles. The molecule has 0 aliphatic rings. The fraction of sp³-hybridized carbons (Fsp3) is 0.737. The van der Waals surface area contributed by atoms with Gasteiger partial charge in [0, 0.05) is 38.0 Å². The van der Waals surface area contributed by atoms with Crippen molar-refractivity contribution in [2.24, 2.45) is 4.99 Å². The van der Waals surface area contributed by atoms with Gasteiger partial charge >= 0.3 is 6.09 Å². The Balaban J connectivity index is 2.47. The molecule has 1 unspecified atom stereocenters. The van der Waals surface area contributed by atoms with E-state index in [0.717, 1.165) is 48.9 Å². The van der Waals surface area contributed by atoms with Crippen LogP contribution in [-0.4, -0.2) is 48.8 Å². The van der Waals surface area contributed by atoms with E-state index in [2.05, 4.69) is 38.2 Å². The van der Waals surface area contributed by atoms with E-state index < -0.39 is 11.7 Å². The Morgan fingerprint density at radius 3 is 2.67 bits per heavy atom. The van der Waals surface area contributed by atoms with Crippen molar-refractivity contribution in [2.75, 3.05) is 20.1 Å². The topological polar surface area (TPSA) is 87.6 Å². The molecule has 0 aliphatic carbocycles. The first-order valence-electron chi connectivity index (χ1n) is 9.58. The minimum Gasteiger partial charge on any atom is -0.444 e. The summed E-state index contributed by atoms with van der Waals surface area (Å²) in [5.74, 6) is 0.731. The van der Waals surface area contributed by atoms with Gasteiger partial charge in [-0.3, -0.25) is 4.99 Å². The molecule has 0 saturated carbocycles. The second-order valence-electron chi connectivity index (χ2n) is 7.47. The number of aromatic nitrogens is 1. The number of hydrogen-bond donors (Lipinski definition) is 3. The molecule has 7 nitrogen and oxygen atoms in total. The molecule has 0 spiro atoms. The molecule has 0 bridgehead atoms. The Kier molecular flexibility index (Phi) is 10.1. The zero-order chi connectivity index (χ0) is 20.3. The van der Waals surface area contributed by atoms with Crippen molar-refractivity contribution >= 4 is 23.4 Å². The lowest BCUT2D eigenvalue weighted by Gasteiger charge is -2.24. The van der Waals surface area contributed by atoms with Gasteiger partial charge in [-0.15, -0.1) is 11.3 Å². The van der Waals surface area contributed by atoms with Crippen molar-refractivity contribution in [1.82, 2.24) is 20.9 Å². The summed E-state index contributed by atoms with van der Waals surface area (Å²) in [4.78, 5) is 20.7. The highest BCUT2D eigenvalue weighted by Gasteiger charge is 2.18. The number of ether oxygens (including phenoxy) is 1. The number of carbonyl (C=O) groups is 1. The largest absolute Gasteiger partial charge is 0.444 e. The first-order valence-corrected chi connectivity index (χ1v) is 10.5. The van der Waals surface area contributed by atoms with Crippen LogP contribution in [-0.2, 0) is 11.2 Å². The van der Waals surface area contributed by atoms with Gasteiger partial charge in [-0.25, -0.2) is 9.78 Å². The van der Waals surface area contributed by atoms with E-state index in [1.165, 1.54) is 0 Å². The number of alkyl carbamates (subject to hydrolysis) is 1. The van der Waals surface area contributed by atoms with E-state index in [4.69, 9.17) is 4.74 Å². The van der Waals surface area contributed by atoms with Crippen LogP contribution in [0.25, 0.3) is 0 Å². The average molecular weight is 398 g/mol. The van der Waals surface area contributed by atoms with E-state index in [1.807, 2.05) is 27.7 Å². The molecule has 1 atom stereocenters. The Hall–Kier alpha value is -1.83. The summed E-state index contributed by atoms with van der Waals surface area (Å²) in [5.41, 5.74) is 0.594. The number of carbonyl (C=O) groups excluding carboxylic acids is 1. The SMILES string of the molecule is CCCCC(CNC(=O)OC(C)(C)C)NC(=NC)NCCc1csc(C)n1. The summed E-state index contributed by atoms with van der Waals surface area (Å²) in [6, 6.07) is 0.0881. The van der Waals surface area contributed by atoms with Crippen molar-refractivity contribution < 1.29 is 9.53 Å². The van der Waals surface area contributed by atoms with Gasteiger partial charge in [-0.1, -0.05) is 19.8 Å². The number of amides is 1.